The molecule has 0 amide bonds. The van der Waals surface area contributed by atoms with Crippen LogP contribution >= 0.6 is 0 Å². The van der Waals surface area contributed by atoms with Gasteiger partial charge in [0.25, 0.3) is 5.56 Å². The minimum absolute atomic E-state index is 0.0185. The number of rotatable bonds is 4. The summed E-state index contributed by atoms with van der Waals surface area (Å²) in [6.45, 7) is 2.88. The van der Waals surface area contributed by atoms with Gasteiger partial charge in [-0.15, -0.1) is 0 Å². The number of nitrogens with zero attached hydrogens (tertiary/aromatic N) is 3. The largest absolute Gasteiger partial charge is 0.418 e. The van der Waals surface area contributed by atoms with E-state index < -0.39 is 11.7 Å². The predicted octanol–water partition coefficient (Wildman–Crippen LogP) is 7.23. The third kappa shape index (κ3) is 7.40. The van der Waals surface area contributed by atoms with E-state index in [0.29, 0.717) is 25.2 Å². The fraction of sp³-hybridized carbons (Fsp3) is 0.552. The van der Waals surface area contributed by atoms with Crippen LogP contribution in [-0.4, -0.2) is 28.0 Å². The molecule has 2 fully saturated rings. The summed E-state index contributed by atoms with van der Waals surface area (Å²) < 4.78 is 59.2. The van der Waals surface area contributed by atoms with Gasteiger partial charge in [0.15, 0.2) is 0 Å². The van der Waals surface area contributed by atoms with Crippen molar-refractivity contribution in [1.82, 2.24) is 14.8 Å². The molecule has 0 radical (unpaired) electrons. The first-order valence-electron chi connectivity index (χ1n) is 13.5. The number of hydrogen-bond donors (Lipinski definition) is 0. The van der Waals surface area contributed by atoms with E-state index in [2.05, 4.69) is 10.1 Å². The average Bonchev–Trinajstić information content (AvgIpc) is 2.91. The van der Waals surface area contributed by atoms with Gasteiger partial charge in [0.1, 0.15) is 5.83 Å². The summed E-state index contributed by atoms with van der Waals surface area (Å²) >= 11 is 0. The normalized spacial score (nSPS) is 19.3. The Hall–Kier alpha value is -2.81. The quantitative estimate of drug-likeness (QED) is 0.389. The van der Waals surface area contributed by atoms with E-state index in [0.717, 1.165) is 68.7 Å². The maximum Gasteiger partial charge on any atom is 0.418 e. The second kappa shape index (κ2) is 12.8. The molecule has 3 heterocycles. The van der Waals surface area contributed by atoms with Crippen molar-refractivity contribution in [3.63, 3.8) is 0 Å². The van der Waals surface area contributed by atoms with Gasteiger partial charge in [-0.2, -0.15) is 18.3 Å². The Morgan fingerprint density at radius 3 is 2.45 bits per heavy atom. The van der Waals surface area contributed by atoms with Crippen LogP contribution < -0.4 is 5.56 Å². The van der Waals surface area contributed by atoms with Crippen molar-refractivity contribution in [2.45, 2.75) is 89.3 Å². The van der Waals surface area contributed by atoms with Crippen LogP contribution in [0.3, 0.4) is 0 Å². The lowest BCUT2D eigenvalue weighted by Crippen LogP contribution is -2.32. The third-order valence-corrected chi connectivity index (χ3v) is 7.43. The maximum absolute atomic E-state index is 13.4. The molecule has 38 heavy (non-hydrogen) atoms. The Morgan fingerprint density at radius 1 is 1.08 bits per heavy atom. The predicted molar refractivity (Wildman–Crippen MR) is 138 cm³/mol. The van der Waals surface area contributed by atoms with Crippen LogP contribution in [0, 0.1) is 0 Å². The highest BCUT2D eigenvalue weighted by Crippen LogP contribution is 2.34. The summed E-state index contributed by atoms with van der Waals surface area (Å²) in [6.07, 6.45) is 8.64. The minimum atomic E-state index is -4.53. The van der Waals surface area contributed by atoms with Crippen LogP contribution in [0.15, 0.2) is 52.7 Å². The van der Waals surface area contributed by atoms with E-state index in [4.69, 9.17) is 4.74 Å². The molecular weight excluding hydrogens is 498 g/mol. The molecule has 1 saturated heterocycles. The van der Waals surface area contributed by atoms with E-state index in [9.17, 15) is 22.4 Å². The standard InChI is InChI=1S/C22H26F3N3O2.C7H9F/c23-22(24,25)18-7-4-10-26-20(18)14-28-21(29)17(15-5-2-1-3-6-15)13-19(27-28)16-8-11-30-12-9-16;1-6-3-2-4-7(8)5-6/h4,7,10,13,15-16H,1-3,5-6,8-9,11-12,14H2;3,5H,2,4H2,1H3. The van der Waals surface area contributed by atoms with Gasteiger partial charge in [0.05, 0.1) is 23.5 Å². The van der Waals surface area contributed by atoms with Crippen molar-refractivity contribution in [2.24, 2.45) is 0 Å². The molecule has 2 aliphatic carbocycles. The van der Waals surface area contributed by atoms with Crippen molar-refractivity contribution in [3.05, 3.63) is 80.8 Å². The first kappa shape index (κ1) is 28.2. The van der Waals surface area contributed by atoms with E-state index in [1.807, 2.05) is 19.1 Å². The second-order valence-corrected chi connectivity index (χ2v) is 10.3. The topological polar surface area (TPSA) is 57.0 Å². The van der Waals surface area contributed by atoms with Gasteiger partial charge in [-0.1, -0.05) is 30.9 Å². The van der Waals surface area contributed by atoms with Gasteiger partial charge in [-0.05, 0) is 69.2 Å². The molecule has 5 rings (SSSR count). The maximum atomic E-state index is 13.4. The minimum Gasteiger partial charge on any atom is -0.381 e. The lowest BCUT2D eigenvalue weighted by Gasteiger charge is -2.26. The number of ether oxygens (including phenoxy) is 1. The van der Waals surface area contributed by atoms with E-state index in [1.165, 1.54) is 16.9 Å². The van der Waals surface area contributed by atoms with Crippen LogP contribution in [0.1, 0.15) is 99.1 Å². The molecule has 2 aromatic rings. The Balaban J connectivity index is 0.000000360. The summed E-state index contributed by atoms with van der Waals surface area (Å²) in [5.41, 5.74) is 1.22. The zero-order chi connectivity index (χ0) is 27.1. The molecule has 2 aromatic heterocycles. The van der Waals surface area contributed by atoms with Gasteiger partial charge in [0, 0.05) is 37.3 Å². The van der Waals surface area contributed by atoms with Crippen molar-refractivity contribution in [3.8, 4) is 0 Å². The number of pyridine rings is 1. The van der Waals surface area contributed by atoms with Gasteiger partial charge < -0.3 is 4.74 Å². The average molecular weight is 534 g/mol. The lowest BCUT2D eigenvalue weighted by molar-refractivity contribution is -0.138. The summed E-state index contributed by atoms with van der Waals surface area (Å²) in [7, 11) is 0. The van der Waals surface area contributed by atoms with Gasteiger partial charge in [-0.25, -0.2) is 9.07 Å². The van der Waals surface area contributed by atoms with Crippen LogP contribution in [0.2, 0.25) is 0 Å². The number of alkyl halides is 3. The highest BCUT2D eigenvalue weighted by atomic mass is 19.4. The van der Waals surface area contributed by atoms with Gasteiger partial charge in [-0.3, -0.25) is 9.78 Å². The second-order valence-electron chi connectivity index (χ2n) is 10.3. The highest BCUT2D eigenvalue weighted by molar-refractivity contribution is 5.26. The molecule has 0 spiro atoms. The SMILES string of the molecule is CC1=CCCC(F)=C1.O=c1c(C2CCCCC2)cc(C2CCOCC2)nn1Cc1ncccc1C(F)(F)F. The molecule has 0 N–H and O–H groups in total. The summed E-state index contributed by atoms with van der Waals surface area (Å²) in [5, 5.41) is 4.51. The molecule has 0 bridgehead atoms. The molecule has 1 aliphatic heterocycles. The monoisotopic (exact) mass is 533 g/mol. The molecule has 3 aliphatic rings. The summed E-state index contributed by atoms with van der Waals surface area (Å²) in [4.78, 5) is 17.2. The fourth-order valence-electron chi connectivity index (χ4n) is 5.37. The van der Waals surface area contributed by atoms with Crippen molar-refractivity contribution in [1.29, 1.82) is 0 Å². The molecule has 9 heteroatoms. The van der Waals surface area contributed by atoms with Crippen LogP contribution in [0.25, 0.3) is 0 Å². The Labute approximate surface area is 220 Å². The van der Waals surface area contributed by atoms with E-state index in [-0.39, 0.29) is 35.5 Å². The molecule has 0 aromatic carbocycles. The van der Waals surface area contributed by atoms with Crippen LogP contribution in [0.4, 0.5) is 17.6 Å². The van der Waals surface area contributed by atoms with Gasteiger partial charge >= 0.3 is 6.18 Å². The van der Waals surface area contributed by atoms with Crippen molar-refractivity contribution >= 4 is 0 Å². The Morgan fingerprint density at radius 2 is 1.82 bits per heavy atom. The summed E-state index contributed by atoms with van der Waals surface area (Å²) in [6, 6.07) is 4.17. The number of aromatic nitrogens is 3. The van der Waals surface area contributed by atoms with Crippen LogP contribution in [-0.2, 0) is 17.5 Å². The van der Waals surface area contributed by atoms with E-state index in [1.54, 1.807) is 6.08 Å². The molecular formula is C29H35F4N3O2. The molecule has 1 saturated carbocycles. The smallest absolute Gasteiger partial charge is 0.381 e. The zero-order valence-electron chi connectivity index (χ0n) is 21.8. The first-order valence-corrected chi connectivity index (χ1v) is 13.5. The molecule has 0 atom stereocenters. The summed E-state index contributed by atoms with van der Waals surface area (Å²) in [5.74, 6) is 0.314. The third-order valence-electron chi connectivity index (χ3n) is 7.43. The molecule has 206 valence electrons. The Bertz CT molecular complexity index is 1210. The first-order chi connectivity index (χ1) is 18.2. The van der Waals surface area contributed by atoms with E-state index >= 15 is 0 Å². The van der Waals surface area contributed by atoms with Crippen molar-refractivity contribution < 1.29 is 22.3 Å². The number of hydrogen-bond acceptors (Lipinski definition) is 4. The molecule has 0 unspecified atom stereocenters. The fourth-order valence-corrected chi connectivity index (χ4v) is 5.37. The lowest BCUT2D eigenvalue weighted by atomic mass is 9.83. The number of allylic oxidation sites excluding steroid dienone is 4. The zero-order valence-corrected chi connectivity index (χ0v) is 21.8. The van der Waals surface area contributed by atoms with Gasteiger partial charge in [0.2, 0.25) is 0 Å². The highest BCUT2D eigenvalue weighted by Gasteiger charge is 2.34. The van der Waals surface area contributed by atoms with Crippen LogP contribution in [0.5, 0.6) is 0 Å². The Kier molecular flexibility index (Phi) is 9.52. The van der Waals surface area contributed by atoms with Crippen molar-refractivity contribution in [2.75, 3.05) is 13.2 Å². The molecule has 5 nitrogen and oxygen atoms in total. The number of halogens is 4.